The molecule has 0 aliphatic heterocycles. The van der Waals surface area contributed by atoms with Crippen molar-refractivity contribution in [3.63, 3.8) is 0 Å². The Kier molecular flexibility index (Phi) is 7.62. The lowest BCUT2D eigenvalue weighted by molar-refractivity contribution is -0.142. The highest BCUT2D eigenvalue weighted by Gasteiger charge is 2.12. The van der Waals surface area contributed by atoms with E-state index >= 15 is 0 Å². The van der Waals surface area contributed by atoms with E-state index in [9.17, 15) is 9.59 Å². The van der Waals surface area contributed by atoms with Crippen LogP contribution in [-0.2, 0) is 14.3 Å². The predicted molar refractivity (Wildman–Crippen MR) is 55.5 cm³/mol. The van der Waals surface area contributed by atoms with Crippen LogP contribution in [0.3, 0.4) is 0 Å². The van der Waals surface area contributed by atoms with Gasteiger partial charge in [0, 0.05) is 12.5 Å². The first-order valence-electron chi connectivity index (χ1n) is 5.19. The highest BCUT2D eigenvalue weighted by molar-refractivity contribution is 5.78. The largest absolute Gasteiger partial charge is 0.480 e. The van der Waals surface area contributed by atoms with E-state index in [1.807, 2.05) is 13.8 Å². The minimum atomic E-state index is -0.999. The van der Waals surface area contributed by atoms with Gasteiger partial charge in [0.05, 0.1) is 6.61 Å². The summed E-state index contributed by atoms with van der Waals surface area (Å²) in [7, 11) is 0. The smallest absolute Gasteiger partial charge is 0.329 e. The molecule has 0 aromatic rings. The molecule has 0 spiro atoms. The van der Waals surface area contributed by atoms with E-state index < -0.39 is 5.97 Å². The van der Waals surface area contributed by atoms with Crippen molar-refractivity contribution in [1.29, 1.82) is 0 Å². The van der Waals surface area contributed by atoms with Crippen LogP contribution in [0.25, 0.3) is 0 Å². The van der Waals surface area contributed by atoms with Crippen LogP contribution in [0.4, 0.5) is 0 Å². The fourth-order valence-corrected chi connectivity index (χ4v) is 1.21. The molecule has 5 heteroatoms. The van der Waals surface area contributed by atoms with Crippen molar-refractivity contribution in [2.75, 3.05) is 19.8 Å². The van der Waals surface area contributed by atoms with Gasteiger partial charge in [0.25, 0.3) is 0 Å². The Morgan fingerprint density at radius 1 is 1.33 bits per heavy atom. The third-order valence-corrected chi connectivity index (χ3v) is 2.13. The van der Waals surface area contributed by atoms with Crippen LogP contribution in [-0.4, -0.2) is 36.7 Å². The molecule has 0 unspecified atom stereocenters. The zero-order valence-corrected chi connectivity index (χ0v) is 9.28. The lowest BCUT2D eigenvalue weighted by Crippen LogP contribution is -2.33. The summed E-state index contributed by atoms with van der Waals surface area (Å²) in [6.07, 6.45) is 1.64. The van der Waals surface area contributed by atoms with Crippen molar-refractivity contribution in [2.24, 2.45) is 5.92 Å². The highest BCUT2D eigenvalue weighted by Crippen LogP contribution is 2.06. The lowest BCUT2D eigenvalue weighted by atomic mass is 10.0. The summed E-state index contributed by atoms with van der Waals surface area (Å²) in [5.41, 5.74) is 0. The Labute approximate surface area is 89.8 Å². The fraction of sp³-hybridized carbons (Fsp3) is 0.800. The third-order valence-electron chi connectivity index (χ3n) is 2.13. The number of hydrogen-bond acceptors (Lipinski definition) is 3. The topological polar surface area (TPSA) is 75.6 Å². The number of ether oxygens (including phenoxy) is 1. The number of carboxylic acid groups (broad SMARTS) is 1. The van der Waals surface area contributed by atoms with E-state index in [-0.39, 0.29) is 25.0 Å². The molecule has 1 amide bonds. The summed E-state index contributed by atoms with van der Waals surface area (Å²) in [5.74, 6) is -0.940. The Hall–Kier alpha value is -1.10. The molecule has 0 heterocycles. The average Bonchev–Trinajstić information content (AvgIpc) is 2.18. The average molecular weight is 217 g/mol. The molecule has 0 radical (unpaired) electrons. The second-order valence-electron chi connectivity index (χ2n) is 3.25. The molecule has 0 aromatic heterocycles. The van der Waals surface area contributed by atoms with E-state index in [4.69, 9.17) is 9.84 Å². The molecule has 5 nitrogen and oxygen atoms in total. The van der Waals surface area contributed by atoms with Crippen molar-refractivity contribution in [2.45, 2.75) is 26.7 Å². The molecule has 0 rings (SSSR count). The van der Waals surface area contributed by atoms with Crippen LogP contribution in [0.15, 0.2) is 0 Å². The van der Waals surface area contributed by atoms with Gasteiger partial charge in [0.2, 0.25) is 5.91 Å². The van der Waals surface area contributed by atoms with Gasteiger partial charge in [-0.3, -0.25) is 4.79 Å². The first kappa shape index (κ1) is 13.9. The van der Waals surface area contributed by atoms with Crippen LogP contribution in [0.2, 0.25) is 0 Å². The third kappa shape index (κ3) is 6.90. The predicted octanol–water partition coefficient (Wildman–Crippen LogP) is 0.640. The fourth-order valence-electron chi connectivity index (χ4n) is 1.21. The molecule has 0 saturated carbocycles. The molecule has 0 bridgehead atoms. The van der Waals surface area contributed by atoms with E-state index in [0.29, 0.717) is 6.54 Å². The summed E-state index contributed by atoms with van der Waals surface area (Å²) in [4.78, 5) is 21.5. The van der Waals surface area contributed by atoms with E-state index in [1.165, 1.54) is 0 Å². The van der Waals surface area contributed by atoms with Crippen LogP contribution in [0, 0.1) is 5.92 Å². The number of nitrogens with one attached hydrogen (secondary N) is 1. The Morgan fingerprint density at radius 3 is 2.40 bits per heavy atom. The summed E-state index contributed by atoms with van der Waals surface area (Å²) >= 11 is 0. The first-order valence-corrected chi connectivity index (χ1v) is 5.19. The van der Waals surface area contributed by atoms with Gasteiger partial charge < -0.3 is 15.2 Å². The Morgan fingerprint density at radius 2 is 1.93 bits per heavy atom. The first-order chi connectivity index (χ1) is 7.11. The lowest BCUT2D eigenvalue weighted by Gasteiger charge is -2.12. The van der Waals surface area contributed by atoms with Crippen LogP contribution < -0.4 is 5.32 Å². The molecule has 2 N–H and O–H groups in total. The summed E-state index contributed by atoms with van der Waals surface area (Å²) in [6.45, 7) is 4.21. The van der Waals surface area contributed by atoms with Gasteiger partial charge in [-0.15, -0.1) is 0 Å². The maximum absolute atomic E-state index is 11.4. The molecule has 0 aliphatic carbocycles. The van der Waals surface area contributed by atoms with Gasteiger partial charge in [0.15, 0.2) is 0 Å². The zero-order chi connectivity index (χ0) is 11.7. The van der Waals surface area contributed by atoms with Gasteiger partial charge in [-0.25, -0.2) is 4.79 Å². The molecule has 0 saturated heterocycles. The van der Waals surface area contributed by atoms with Gasteiger partial charge >= 0.3 is 5.97 Å². The maximum atomic E-state index is 11.4. The standard InChI is InChI=1S/C10H19NO4/c1-3-8(4-2)10(14)11-5-6-15-7-9(12)13/h8H,3-7H2,1-2H3,(H,11,14)(H,12,13). The molecule has 0 aromatic carbocycles. The second-order valence-corrected chi connectivity index (χ2v) is 3.25. The molecule has 0 fully saturated rings. The number of aliphatic carboxylic acids is 1. The number of rotatable bonds is 8. The molecule has 15 heavy (non-hydrogen) atoms. The normalized spacial score (nSPS) is 10.3. The monoisotopic (exact) mass is 217 g/mol. The summed E-state index contributed by atoms with van der Waals surface area (Å²) in [5, 5.41) is 11.0. The van der Waals surface area contributed by atoms with Gasteiger partial charge in [-0.2, -0.15) is 0 Å². The Bertz CT molecular complexity index is 202. The molecular weight excluding hydrogens is 198 g/mol. The van der Waals surface area contributed by atoms with Crippen molar-refractivity contribution < 1.29 is 19.4 Å². The second kappa shape index (κ2) is 8.23. The van der Waals surface area contributed by atoms with Crippen molar-refractivity contribution in [1.82, 2.24) is 5.32 Å². The van der Waals surface area contributed by atoms with E-state index in [0.717, 1.165) is 12.8 Å². The van der Waals surface area contributed by atoms with Crippen molar-refractivity contribution in [3.05, 3.63) is 0 Å². The van der Waals surface area contributed by atoms with Gasteiger partial charge in [-0.05, 0) is 12.8 Å². The number of carbonyl (C=O) groups excluding carboxylic acids is 1. The SMILES string of the molecule is CCC(CC)C(=O)NCCOCC(=O)O. The van der Waals surface area contributed by atoms with Gasteiger partial charge in [0.1, 0.15) is 6.61 Å². The number of carboxylic acids is 1. The minimum Gasteiger partial charge on any atom is -0.480 e. The number of carbonyl (C=O) groups is 2. The van der Waals surface area contributed by atoms with E-state index in [1.54, 1.807) is 0 Å². The van der Waals surface area contributed by atoms with E-state index in [2.05, 4.69) is 5.32 Å². The maximum Gasteiger partial charge on any atom is 0.329 e. The zero-order valence-electron chi connectivity index (χ0n) is 9.28. The summed E-state index contributed by atoms with van der Waals surface area (Å²) < 4.78 is 4.78. The molecule has 0 aliphatic rings. The minimum absolute atomic E-state index is 0.0129. The van der Waals surface area contributed by atoms with Crippen LogP contribution in [0.1, 0.15) is 26.7 Å². The number of amides is 1. The Balaban J connectivity index is 3.50. The quantitative estimate of drug-likeness (QED) is 0.585. The van der Waals surface area contributed by atoms with Crippen LogP contribution in [0.5, 0.6) is 0 Å². The van der Waals surface area contributed by atoms with Crippen molar-refractivity contribution in [3.8, 4) is 0 Å². The summed E-state index contributed by atoms with van der Waals surface area (Å²) in [6, 6.07) is 0. The molecule has 88 valence electrons. The van der Waals surface area contributed by atoms with Gasteiger partial charge in [-0.1, -0.05) is 13.8 Å². The molecular formula is C10H19NO4. The number of hydrogen-bond donors (Lipinski definition) is 2. The molecule has 0 atom stereocenters. The van der Waals surface area contributed by atoms with Crippen molar-refractivity contribution >= 4 is 11.9 Å². The van der Waals surface area contributed by atoms with Crippen LogP contribution >= 0.6 is 0 Å². The highest BCUT2D eigenvalue weighted by atomic mass is 16.5.